The maximum Gasteiger partial charge on any atom is 0.241 e. The lowest BCUT2D eigenvalue weighted by Crippen LogP contribution is -2.26. The SMILES string of the molecule is Cc1ccc(C(C)NS(=O)(=O)c2cc(C)c(Cl)c(N)c2)s1. The Hall–Kier alpha value is -1.08. The van der Waals surface area contributed by atoms with E-state index in [4.69, 9.17) is 17.3 Å². The predicted molar refractivity (Wildman–Crippen MR) is 88.4 cm³/mol. The van der Waals surface area contributed by atoms with Crippen LogP contribution in [0.5, 0.6) is 0 Å². The fraction of sp³-hybridized carbons (Fsp3) is 0.286. The van der Waals surface area contributed by atoms with Crippen LogP contribution in [-0.4, -0.2) is 8.42 Å². The number of halogens is 1. The molecule has 1 aromatic carbocycles. The third kappa shape index (κ3) is 3.58. The van der Waals surface area contributed by atoms with E-state index in [1.165, 1.54) is 12.1 Å². The Balaban J connectivity index is 2.30. The Morgan fingerprint density at radius 1 is 1.29 bits per heavy atom. The van der Waals surface area contributed by atoms with Gasteiger partial charge in [0, 0.05) is 9.75 Å². The average Bonchev–Trinajstić information content (AvgIpc) is 2.81. The van der Waals surface area contributed by atoms with E-state index >= 15 is 0 Å². The molecular formula is C14H17ClN2O2S2. The number of thiophene rings is 1. The van der Waals surface area contributed by atoms with Crippen molar-refractivity contribution in [3.05, 3.63) is 44.6 Å². The van der Waals surface area contributed by atoms with Gasteiger partial charge in [0.05, 0.1) is 21.6 Å². The molecule has 0 spiro atoms. The van der Waals surface area contributed by atoms with Crippen molar-refractivity contribution in [3.8, 4) is 0 Å². The number of nitrogens with one attached hydrogen (secondary N) is 1. The molecule has 0 aliphatic rings. The van der Waals surface area contributed by atoms with Crippen LogP contribution in [0.15, 0.2) is 29.2 Å². The number of sulfonamides is 1. The number of nitrogen functional groups attached to an aromatic ring is 1. The summed E-state index contributed by atoms with van der Waals surface area (Å²) in [6.45, 7) is 5.53. The zero-order valence-electron chi connectivity index (χ0n) is 12.0. The van der Waals surface area contributed by atoms with E-state index in [1.807, 2.05) is 26.0 Å². The van der Waals surface area contributed by atoms with Crippen molar-refractivity contribution in [1.29, 1.82) is 0 Å². The zero-order valence-corrected chi connectivity index (χ0v) is 14.4. The topological polar surface area (TPSA) is 72.2 Å². The van der Waals surface area contributed by atoms with Gasteiger partial charge in [-0.2, -0.15) is 0 Å². The maximum absolute atomic E-state index is 12.4. The van der Waals surface area contributed by atoms with E-state index in [1.54, 1.807) is 18.3 Å². The van der Waals surface area contributed by atoms with Gasteiger partial charge in [-0.3, -0.25) is 0 Å². The van der Waals surface area contributed by atoms with Gasteiger partial charge >= 0.3 is 0 Å². The highest BCUT2D eigenvalue weighted by atomic mass is 35.5. The van der Waals surface area contributed by atoms with Crippen molar-refractivity contribution in [1.82, 2.24) is 4.72 Å². The van der Waals surface area contributed by atoms with Crippen molar-refractivity contribution < 1.29 is 8.42 Å². The molecule has 1 aromatic heterocycles. The van der Waals surface area contributed by atoms with E-state index in [9.17, 15) is 8.42 Å². The van der Waals surface area contributed by atoms with E-state index in [0.29, 0.717) is 10.6 Å². The van der Waals surface area contributed by atoms with Crippen LogP contribution in [0.25, 0.3) is 0 Å². The van der Waals surface area contributed by atoms with Gasteiger partial charge in [-0.05, 0) is 50.6 Å². The number of hydrogen-bond acceptors (Lipinski definition) is 4. The van der Waals surface area contributed by atoms with Crippen molar-refractivity contribution >= 4 is 38.6 Å². The summed E-state index contributed by atoms with van der Waals surface area (Å²) >= 11 is 7.53. The highest BCUT2D eigenvalue weighted by molar-refractivity contribution is 7.89. The lowest BCUT2D eigenvalue weighted by atomic mass is 10.2. The lowest BCUT2D eigenvalue weighted by Gasteiger charge is -2.14. The van der Waals surface area contributed by atoms with Crippen LogP contribution >= 0.6 is 22.9 Å². The first kappa shape index (κ1) is 16.3. The quantitative estimate of drug-likeness (QED) is 0.832. The molecule has 0 aliphatic carbocycles. The molecule has 3 N–H and O–H groups in total. The number of hydrogen-bond donors (Lipinski definition) is 2. The van der Waals surface area contributed by atoms with Crippen molar-refractivity contribution in [2.45, 2.75) is 31.7 Å². The molecule has 1 unspecified atom stereocenters. The third-order valence-electron chi connectivity index (χ3n) is 3.09. The summed E-state index contributed by atoms with van der Waals surface area (Å²) in [6, 6.07) is 6.49. The van der Waals surface area contributed by atoms with Gasteiger partial charge < -0.3 is 5.73 Å². The number of rotatable bonds is 4. The van der Waals surface area contributed by atoms with Gasteiger partial charge in [0.15, 0.2) is 0 Å². The summed E-state index contributed by atoms with van der Waals surface area (Å²) in [5.74, 6) is 0. The Kier molecular flexibility index (Phi) is 4.63. The molecule has 1 atom stereocenters. The molecule has 0 saturated carbocycles. The molecule has 2 rings (SSSR count). The predicted octanol–water partition coefficient (Wildman–Crippen LogP) is 3.64. The van der Waals surface area contributed by atoms with E-state index in [-0.39, 0.29) is 16.6 Å². The van der Waals surface area contributed by atoms with Gasteiger partial charge in [-0.1, -0.05) is 11.6 Å². The van der Waals surface area contributed by atoms with E-state index < -0.39 is 10.0 Å². The summed E-state index contributed by atoms with van der Waals surface area (Å²) < 4.78 is 27.5. The number of nitrogens with two attached hydrogens (primary N) is 1. The zero-order chi connectivity index (χ0) is 15.8. The molecule has 21 heavy (non-hydrogen) atoms. The van der Waals surface area contributed by atoms with Crippen LogP contribution in [0.1, 0.15) is 28.3 Å². The normalized spacial score (nSPS) is 13.3. The first-order chi connectivity index (χ1) is 9.70. The minimum atomic E-state index is -3.64. The Bertz CT molecular complexity index is 746. The fourth-order valence-electron chi connectivity index (χ4n) is 1.96. The highest BCUT2D eigenvalue weighted by Gasteiger charge is 2.21. The molecule has 114 valence electrons. The molecule has 0 fully saturated rings. The fourth-order valence-corrected chi connectivity index (χ4v) is 4.37. The van der Waals surface area contributed by atoms with Crippen LogP contribution in [0.3, 0.4) is 0 Å². The van der Waals surface area contributed by atoms with Gasteiger partial charge in [-0.25, -0.2) is 13.1 Å². The Morgan fingerprint density at radius 2 is 1.95 bits per heavy atom. The molecule has 0 bridgehead atoms. The lowest BCUT2D eigenvalue weighted by molar-refractivity contribution is 0.568. The first-order valence-electron chi connectivity index (χ1n) is 6.35. The highest BCUT2D eigenvalue weighted by Crippen LogP contribution is 2.28. The summed E-state index contributed by atoms with van der Waals surface area (Å²) in [5.41, 5.74) is 6.64. The van der Waals surface area contributed by atoms with Crippen molar-refractivity contribution in [2.24, 2.45) is 0 Å². The largest absolute Gasteiger partial charge is 0.397 e. The molecule has 0 amide bonds. The summed E-state index contributed by atoms with van der Waals surface area (Å²) in [4.78, 5) is 2.24. The third-order valence-corrected chi connectivity index (χ3v) is 6.31. The van der Waals surface area contributed by atoms with Crippen LogP contribution < -0.4 is 10.5 Å². The number of anilines is 1. The second-order valence-corrected chi connectivity index (χ2v) is 8.35. The molecular weight excluding hydrogens is 328 g/mol. The smallest absolute Gasteiger partial charge is 0.241 e. The van der Waals surface area contributed by atoms with Crippen LogP contribution in [0.2, 0.25) is 5.02 Å². The van der Waals surface area contributed by atoms with Gasteiger partial charge in [0.2, 0.25) is 10.0 Å². The standard InChI is InChI=1S/C14H17ClN2O2S2/c1-8-6-11(7-12(16)14(8)15)21(18,19)17-10(3)13-5-4-9(2)20-13/h4-7,10,17H,16H2,1-3H3. The molecule has 0 saturated heterocycles. The minimum Gasteiger partial charge on any atom is -0.397 e. The minimum absolute atomic E-state index is 0.127. The maximum atomic E-state index is 12.4. The summed E-state index contributed by atoms with van der Waals surface area (Å²) in [5, 5.41) is 0.385. The Labute approximate surface area is 134 Å². The second-order valence-electron chi connectivity index (χ2n) is 4.93. The molecule has 7 heteroatoms. The Morgan fingerprint density at radius 3 is 2.48 bits per heavy atom. The molecule has 4 nitrogen and oxygen atoms in total. The molecule has 0 aliphatic heterocycles. The van der Waals surface area contributed by atoms with Gasteiger partial charge in [0.25, 0.3) is 0 Å². The molecule has 0 radical (unpaired) electrons. The summed E-state index contributed by atoms with van der Waals surface area (Å²) in [7, 11) is -3.64. The van der Waals surface area contributed by atoms with Gasteiger partial charge in [-0.15, -0.1) is 11.3 Å². The summed E-state index contributed by atoms with van der Waals surface area (Å²) in [6.07, 6.45) is 0. The first-order valence-corrected chi connectivity index (χ1v) is 9.03. The van der Waals surface area contributed by atoms with E-state index in [2.05, 4.69) is 4.72 Å². The monoisotopic (exact) mass is 344 g/mol. The van der Waals surface area contributed by atoms with Crippen LogP contribution in [0.4, 0.5) is 5.69 Å². The van der Waals surface area contributed by atoms with Crippen molar-refractivity contribution in [2.75, 3.05) is 5.73 Å². The average molecular weight is 345 g/mol. The van der Waals surface area contributed by atoms with Crippen LogP contribution in [-0.2, 0) is 10.0 Å². The number of benzene rings is 1. The van der Waals surface area contributed by atoms with Gasteiger partial charge in [0.1, 0.15) is 0 Å². The van der Waals surface area contributed by atoms with Crippen molar-refractivity contribution in [3.63, 3.8) is 0 Å². The van der Waals surface area contributed by atoms with Crippen LogP contribution in [0, 0.1) is 13.8 Å². The molecule has 1 heterocycles. The number of aryl methyl sites for hydroxylation is 2. The second kappa shape index (κ2) is 5.96. The molecule has 2 aromatic rings. The van der Waals surface area contributed by atoms with E-state index in [0.717, 1.165) is 9.75 Å².